The number of benzene rings is 2. The lowest BCUT2D eigenvalue weighted by molar-refractivity contribution is -0.144. The minimum atomic E-state index is -0.438. The van der Waals surface area contributed by atoms with Crippen molar-refractivity contribution >= 4 is 28.7 Å². The van der Waals surface area contributed by atoms with Crippen LogP contribution in [0.4, 0.5) is 0 Å². The lowest BCUT2D eigenvalue weighted by Crippen LogP contribution is -2.08. The minimum Gasteiger partial charge on any atom is -0.461 e. The zero-order valence-corrected chi connectivity index (χ0v) is 16.5. The summed E-state index contributed by atoms with van der Waals surface area (Å²) in [5, 5.41) is 0.805. The van der Waals surface area contributed by atoms with Gasteiger partial charge in [0.15, 0.2) is 0 Å². The highest BCUT2D eigenvalue weighted by molar-refractivity contribution is 7.99. The van der Waals surface area contributed by atoms with E-state index in [1.165, 1.54) is 11.6 Å². The Morgan fingerprint density at radius 3 is 2.48 bits per heavy atom. The summed E-state index contributed by atoms with van der Waals surface area (Å²) in [7, 11) is 0. The molecule has 1 aromatic heterocycles. The molecule has 0 saturated heterocycles. The Morgan fingerprint density at radius 2 is 1.74 bits per heavy atom. The van der Waals surface area contributed by atoms with Gasteiger partial charge in [-0.2, -0.15) is 0 Å². The minimum absolute atomic E-state index is 0.0681. The standard InChI is InChI=1S/C22H22O4S/c1-14-4-6-18(7-5-14)27-9-8-21(23)25-13-17-12-22(24)26-20-11-16(3)15(2)10-19(17)20/h4-7,10-12H,8-9,13H2,1-3H3. The van der Waals surface area contributed by atoms with Crippen LogP contribution in [-0.4, -0.2) is 11.7 Å². The second-order valence-electron chi connectivity index (χ2n) is 6.60. The van der Waals surface area contributed by atoms with Gasteiger partial charge >= 0.3 is 11.6 Å². The number of hydrogen-bond donors (Lipinski definition) is 0. The number of aryl methyl sites for hydroxylation is 3. The van der Waals surface area contributed by atoms with Crippen molar-refractivity contribution in [3.8, 4) is 0 Å². The molecule has 140 valence electrons. The zero-order valence-electron chi connectivity index (χ0n) is 15.7. The van der Waals surface area contributed by atoms with Gasteiger partial charge < -0.3 is 9.15 Å². The van der Waals surface area contributed by atoms with E-state index in [0.29, 0.717) is 23.3 Å². The van der Waals surface area contributed by atoms with Gasteiger partial charge in [-0.25, -0.2) is 4.79 Å². The molecule has 0 spiro atoms. The van der Waals surface area contributed by atoms with Gasteiger partial charge in [0, 0.05) is 27.7 Å². The molecule has 1 heterocycles. The number of fused-ring (bicyclic) bond motifs is 1. The molecular formula is C22H22O4S. The number of hydrogen-bond acceptors (Lipinski definition) is 5. The van der Waals surface area contributed by atoms with Crippen LogP contribution < -0.4 is 5.63 Å². The summed E-state index contributed by atoms with van der Waals surface area (Å²) >= 11 is 1.62. The number of ether oxygens (including phenoxy) is 1. The molecule has 0 saturated carbocycles. The molecule has 0 N–H and O–H groups in total. The molecule has 0 atom stereocenters. The summed E-state index contributed by atoms with van der Waals surface area (Å²) < 4.78 is 10.7. The number of carbonyl (C=O) groups excluding carboxylic acids is 1. The number of rotatable bonds is 6. The first-order chi connectivity index (χ1) is 12.9. The number of carbonyl (C=O) groups is 1. The third-order valence-corrected chi connectivity index (χ3v) is 5.44. The van der Waals surface area contributed by atoms with Gasteiger partial charge in [-0.15, -0.1) is 11.8 Å². The molecule has 5 heteroatoms. The van der Waals surface area contributed by atoms with Crippen LogP contribution >= 0.6 is 11.8 Å². The van der Waals surface area contributed by atoms with Crippen molar-refractivity contribution < 1.29 is 13.9 Å². The lowest BCUT2D eigenvalue weighted by Gasteiger charge is -2.09. The molecule has 0 aliphatic rings. The van der Waals surface area contributed by atoms with Gasteiger partial charge in [-0.1, -0.05) is 17.7 Å². The Kier molecular flexibility index (Phi) is 6.01. The van der Waals surface area contributed by atoms with E-state index >= 15 is 0 Å². The molecule has 4 nitrogen and oxygen atoms in total. The van der Waals surface area contributed by atoms with Gasteiger partial charge in [0.1, 0.15) is 12.2 Å². The van der Waals surface area contributed by atoms with Crippen LogP contribution in [-0.2, 0) is 16.1 Å². The number of esters is 1. The van der Waals surface area contributed by atoms with Gasteiger partial charge in [0.05, 0.1) is 6.42 Å². The van der Waals surface area contributed by atoms with E-state index in [-0.39, 0.29) is 12.6 Å². The van der Waals surface area contributed by atoms with Gasteiger partial charge in [0.25, 0.3) is 0 Å². The SMILES string of the molecule is Cc1ccc(SCCC(=O)OCc2cc(=O)oc3cc(C)c(C)cc23)cc1. The third kappa shape index (κ3) is 5.01. The monoisotopic (exact) mass is 382 g/mol. The first kappa shape index (κ1) is 19.2. The second-order valence-corrected chi connectivity index (χ2v) is 7.76. The van der Waals surface area contributed by atoms with Crippen molar-refractivity contribution in [1.82, 2.24) is 0 Å². The predicted molar refractivity (Wildman–Crippen MR) is 108 cm³/mol. The summed E-state index contributed by atoms with van der Waals surface area (Å²) in [5.74, 6) is 0.373. The highest BCUT2D eigenvalue weighted by Gasteiger charge is 2.10. The van der Waals surface area contributed by atoms with E-state index in [9.17, 15) is 9.59 Å². The summed E-state index contributed by atoms with van der Waals surface area (Å²) in [6, 6.07) is 13.4. The summed E-state index contributed by atoms with van der Waals surface area (Å²) in [5.41, 5.74) is 4.11. The smallest absolute Gasteiger partial charge is 0.336 e. The fourth-order valence-electron chi connectivity index (χ4n) is 2.72. The van der Waals surface area contributed by atoms with Crippen molar-refractivity contribution in [2.24, 2.45) is 0 Å². The Labute approximate surface area is 162 Å². The molecule has 2 aromatic carbocycles. The van der Waals surface area contributed by atoms with E-state index in [1.807, 2.05) is 45.0 Å². The van der Waals surface area contributed by atoms with Gasteiger partial charge in [0.2, 0.25) is 0 Å². The van der Waals surface area contributed by atoms with Crippen LogP contribution in [0.1, 0.15) is 28.7 Å². The highest BCUT2D eigenvalue weighted by atomic mass is 32.2. The topological polar surface area (TPSA) is 56.5 Å². The molecule has 0 unspecified atom stereocenters. The quantitative estimate of drug-likeness (QED) is 0.343. The average molecular weight is 382 g/mol. The molecule has 0 amide bonds. The maximum atomic E-state index is 12.1. The van der Waals surface area contributed by atoms with Gasteiger partial charge in [-0.3, -0.25) is 4.79 Å². The molecular weight excluding hydrogens is 360 g/mol. The largest absolute Gasteiger partial charge is 0.461 e. The molecule has 0 fully saturated rings. The van der Waals surface area contributed by atoms with Crippen LogP contribution in [0.2, 0.25) is 0 Å². The molecule has 0 bridgehead atoms. The zero-order chi connectivity index (χ0) is 19.4. The molecule has 0 radical (unpaired) electrons. The van der Waals surface area contributed by atoms with E-state index < -0.39 is 5.63 Å². The van der Waals surface area contributed by atoms with E-state index in [4.69, 9.17) is 9.15 Å². The number of thioether (sulfide) groups is 1. The molecule has 0 aliphatic heterocycles. The first-order valence-electron chi connectivity index (χ1n) is 8.81. The van der Waals surface area contributed by atoms with E-state index in [0.717, 1.165) is 21.4 Å². The van der Waals surface area contributed by atoms with Crippen molar-refractivity contribution in [3.05, 3.63) is 75.1 Å². The Hall–Kier alpha value is -2.53. The van der Waals surface area contributed by atoms with Crippen molar-refractivity contribution in [1.29, 1.82) is 0 Å². The summed E-state index contributed by atoms with van der Waals surface area (Å²) in [4.78, 5) is 25.0. The van der Waals surface area contributed by atoms with Crippen molar-refractivity contribution in [2.45, 2.75) is 38.7 Å². The first-order valence-corrected chi connectivity index (χ1v) is 9.80. The van der Waals surface area contributed by atoms with E-state index in [1.54, 1.807) is 11.8 Å². The van der Waals surface area contributed by atoms with Crippen LogP contribution in [0, 0.1) is 20.8 Å². The normalized spacial score (nSPS) is 10.9. The summed E-state index contributed by atoms with van der Waals surface area (Å²) in [6.45, 7) is 6.08. The van der Waals surface area contributed by atoms with Crippen molar-refractivity contribution in [2.75, 3.05) is 5.75 Å². The molecule has 3 rings (SSSR count). The Bertz CT molecular complexity index is 1020. The molecule has 0 aliphatic carbocycles. The maximum absolute atomic E-state index is 12.1. The fourth-order valence-corrected chi connectivity index (χ4v) is 3.55. The van der Waals surface area contributed by atoms with Crippen LogP contribution in [0.3, 0.4) is 0 Å². The predicted octanol–water partition coefficient (Wildman–Crippen LogP) is 4.94. The van der Waals surface area contributed by atoms with Crippen LogP contribution in [0.5, 0.6) is 0 Å². The molecule has 27 heavy (non-hydrogen) atoms. The van der Waals surface area contributed by atoms with Crippen LogP contribution in [0.25, 0.3) is 11.0 Å². The van der Waals surface area contributed by atoms with E-state index in [2.05, 4.69) is 12.1 Å². The Morgan fingerprint density at radius 1 is 1.04 bits per heavy atom. The third-order valence-electron chi connectivity index (χ3n) is 4.43. The van der Waals surface area contributed by atoms with Gasteiger partial charge in [-0.05, 0) is 56.2 Å². The molecule has 3 aromatic rings. The second kappa shape index (κ2) is 8.44. The van der Waals surface area contributed by atoms with Crippen LogP contribution in [0.15, 0.2) is 56.6 Å². The van der Waals surface area contributed by atoms with Crippen molar-refractivity contribution in [3.63, 3.8) is 0 Å². The average Bonchev–Trinajstić information content (AvgIpc) is 2.63. The Balaban J connectivity index is 1.60. The summed E-state index contributed by atoms with van der Waals surface area (Å²) in [6.07, 6.45) is 0.316. The fraction of sp³-hybridized carbons (Fsp3) is 0.273. The maximum Gasteiger partial charge on any atom is 0.336 e. The lowest BCUT2D eigenvalue weighted by atomic mass is 10.0. The highest BCUT2D eigenvalue weighted by Crippen LogP contribution is 2.23.